The van der Waals surface area contributed by atoms with Gasteiger partial charge in [0.05, 0.1) is 18.2 Å². The molecule has 1 atom stereocenters. The number of imide groups is 1. The van der Waals surface area contributed by atoms with Crippen LogP contribution < -0.4 is 15.8 Å². The van der Waals surface area contributed by atoms with Crippen LogP contribution in [-0.4, -0.2) is 18.4 Å². The van der Waals surface area contributed by atoms with Crippen molar-refractivity contribution in [2.45, 2.75) is 32.1 Å². The van der Waals surface area contributed by atoms with Gasteiger partial charge in [-0.2, -0.15) is 0 Å². The van der Waals surface area contributed by atoms with Gasteiger partial charge in [-0.05, 0) is 30.5 Å². The van der Waals surface area contributed by atoms with Crippen molar-refractivity contribution in [3.8, 4) is 5.75 Å². The Balaban J connectivity index is 2.15. The molecule has 1 fully saturated rings. The number of nitrogen functional groups attached to an aromatic ring is 1. The van der Waals surface area contributed by atoms with Crippen molar-refractivity contribution in [2.24, 2.45) is 0 Å². The van der Waals surface area contributed by atoms with Crippen molar-refractivity contribution in [3.63, 3.8) is 0 Å². The monoisotopic (exact) mass is 262 g/mol. The average molecular weight is 262 g/mol. The van der Waals surface area contributed by atoms with Crippen molar-refractivity contribution in [1.29, 1.82) is 0 Å². The van der Waals surface area contributed by atoms with Crippen molar-refractivity contribution in [2.75, 3.05) is 12.3 Å². The van der Waals surface area contributed by atoms with Crippen LogP contribution in [-0.2, 0) is 9.59 Å². The highest BCUT2D eigenvalue weighted by Gasteiger charge is 2.28. The van der Waals surface area contributed by atoms with E-state index >= 15 is 0 Å². The molecule has 0 spiro atoms. The fraction of sp³-hybridized carbons (Fsp3) is 0.429. The van der Waals surface area contributed by atoms with Crippen LogP contribution in [0.25, 0.3) is 0 Å². The maximum atomic E-state index is 11.8. The summed E-state index contributed by atoms with van der Waals surface area (Å²) in [5, 5.41) is 2.35. The van der Waals surface area contributed by atoms with Crippen molar-refractivity contribution in [3.05, 3.63) is 23.8 Å². The van der Waals surface area contributed by atoms with Gasteiger partial charge in [-0.1, -0.05) is 13.0 Å². The van der Waals surface area contributed by atoms with Gasteiger partial charge in [0.2, 0.25) is 11.8 Å². The molecule has 0 aliphatic carbocycles. The number of carbonyl (C=O) groups is 2. The van der Waals surface area contributed by atoms with Gasteiger partial charge < -0.3 is 10.5 Å². The van der Waals surface area contributed by atoms with Gasteiger partial charge in [0.15, 0.2) is 0 Å². The highest BCUT2D eigenvalue weighted by molar-refractivity contribution is 6.01. The molecule has 1 aliphatic heterocycles. The molecule has 19 heavy (non-hydrogen) atoms. The van der Waals surface area contributed by atoms with E-state index < -0.39 is 0 Å². The molecule has 1 heterocycles. The molecule has 1 unspecified atom stereocenters. The molecule has 0 bridgehead atoms. The van der Waals surface area contributed by atoms with Gasteiger partial charge in [0, 0.05) is 6.42 Å². The Bertz CT molecular complexity index is 499. The maximum absolute atomic E-state index is 11.8. The minimum Gasteiger partial charge on any atom is -0.491 e. The third-order valence-electron chi connectivity index (χ3n) is 3.14. The van der Waals surface area contributed by atoms with Gasteiger partial charge in [-0.25, -0.2) is 0 Å². The molecule has 2 rings (SSSR count). The minimum atomic E-state index is -0.305. The van der Waals surface area contributed by atoms with E-state index in [-0.39, 0.29) is 17.7 Å². The Morgan fingerprint density at radius 1 is 1.42 bits per heavy atom. The fourth-order valence-corrected chi connectivity index (χ4v) is 2.14. The molecule has 3 N–H and O–H groups in total. The zero-order valence-corrected chi connectivity index (χ0v) is 10.9. The lowest BCUT2D eigenvalue weighted by Crippen LogP contribution is -2.39. The molecular formula is C14H18N2O3. The summed E-state index contributed by atoms with van der Waals surface area (Å²) in [5.41, 5.74) is 7.27. The summed E-state index contributed by atoms with van der Waals surface area (Å²) in [6.45, 7) is 2.63. The first-order valence-corrected chi connectivity index (χ1v) is 6.47. The van der Waals surface area contributed by atoms with E-state index in [4.69, 9.17) is 10.5 Å². The van der Waals surface area contributed by atoms with Crippen LogP contribution in [0, 0.1) is 0 Å². The van der Waals surface area contributed by atoms with E-state index in [9.17, 15) is 9.59 Å². The lowest BCUT2D eigenvalue weighted by molar-refractivity contribution is -0.134. The summed E-state index contributed by atoms with van der Waals surface area (Å²) >= 11 is 0. The molecule has 0 aromatic heterocycles. The van der Waals surface area contributed by atoms with Crippen LogP contribution in [0.4, 0.5) is 5.69 Å². The van der Waals surface area contributed by atoms with Crippen LogP contribution in [0.15, 0.2) is 18.2 Å². The summed E-state index contributed by atoms with van der Waals surface area (Å²) in [7, 11) is 0. The number of benzene rings is 1. The number of piperidine rings is 1. The van der Waals surface area contributed by atoms with Crippen LogP contribution in [0.1, 0.15) is 37.7 Å². The predicted octanol–water partition coefficient (Wildman–Crippen LogP) is 1.58. The Hall–Kier alpha value is -2.04. The standard InChI is InChI=1S/C14H18N2O3/c1-2-7-19-12-5-3-9(8-11(12)15)10-4-6-13(17)16-14(10)18/h3,5,8,10H,2,4,6-7,15H2,1H3,(H,16,17,18). The molecule has 1 saturated heterocycles. The highest BCUT2D eigenvalue weighted by atomic mass is 16.5. The zero-order valence-electron chi connectivity index (χ0n) is 10.9. The summed E-state index contributed by atoms with van der Waals surface area (Å²) < 4.78 is 5.49. The molecule has 1 aromatic carbocycles. The van der Waals surface area contributed by atoms with Crippen molar-refractivity contribution in [1.82, 2.24) is 5.32 Å². The maximum Gasteiger partial charge on any atom is 0.234 e. The van der Waals surface area contributed by atoms with E-state index in [1.54, 1.807) is 12.1 Å². The number of nitrogens with one attached hydrogen (secondary N) is 1. The van der Waals surface area contributed by atoms with Crippen LogP contribution in [0.5, 0.6) is 5.75 Å². The van der Waals surface area contributed by atoms with Crippen LogP contribution in [0.3, 0.4) is 0 Å². The number of carbonyl (C=O) groups excluding carboxylic acids is 2. The summed E-state index contributed by atoms with van der Waals surface area (Å²) in [4.78, 5) is 22.9. The minimum absolute atomic E-state index is 0.211. The number of hydrogen-bond acceptors (Lipinski definition) is 4. The van der Waals surface area contributed by atoms with Gasteiger partial charge >= 0.3 is 0 Å². The second kappa shape index (κ2) is 5.73. The summed E-state index contributed by atoms with van der Waals surface area (Å²) in [6.07, 6.45) is 1.80. The summed E-state index contributed by atoms with van der Waals surface area (Å²) in [6, 6.07) is 5.37. The average Bonchev–Trinajstić information content (AvgIpc) is 2.37. The number of nitrogens with two attached hydrogens (primary N) is 1. The molecule has 5 heteroatoms. The Morgan fingerprint density at radius 3 is 2.84 bits per heavy atom. The molecule has 5 nitrogen and oxygen atoms in total. The van der Waals surface area contributed by atoms with Gasteiger partial charge in [0.25, 0.3) is 0 Å². The molecular weight excluding hydrogens is 244 g/mol. The molecule has 1 aliphatic rings. The van der Waals surface area contributed by atoms with E-state index in [2.05, 4.69) is 5.32 Å². The summed E-state index contributed by atoms with van der Waals surface area (Å²) in [5.74, 6) is -0.131. The third-order valence-corrected chi connectivity index (χ3v) is 3.14. The number of rotatable bonds is 4. The topological polar surface area (TPSA) is 81.4 Å². The smallest absolute Gasteiger partial charge is 0.234 e. The van der Waals surface area contributed by atoms with Crippen LogP contribution >= 0.6 is 0 Å². The first-order chi connectivity index (χ1) is 9.11. The molecule has 2 amide bonds. The Labute approximate surface area is 112 Å². The molecule has 0 radical (unpaired) electrons. The zero-order chi connectivity index (χ0) is 13.8. The van der Waals surface area contributed by atoms with E-state index in [1.807, 2.05) is 13.0 Å². The number of ether oxygens (including phenoxy) is 1. The number of anilines is 1. The molecule has 102 valence electrons. The molecule has 0 saturated carbocycles. The first kappa shape index (κ1) is 13.4. The lowest BCUT2D eigenvalue weighted by atomic mass is 9.90. The molecule has 1 aromatic rings. The second-order valence-electron chi connectivity index (χ2n) is 4.65. The predicted molar refractivity (Wildman–Crippen MR) is 71.8 cm³/mol. The second-order valence-corrected chi connectivity index (χ2v) is 4.65. The van der Waals surface area contributed by atoms with E-state index in [0.717, 1.165) is 12.0 Å². The Morgan fingerprint density at radius 2 is 2.21 bits per heavy atom. The Kier molecular flexibility index (Phi) is 4.04. The van der Waals surface area contributed by atoms with Crippen LogP contribution in [0.2, 0.25) is 0 Å². The number of amides is 2. The van der Waals surface area contributed by atoms with Gasteiger partial charge in [-0.3, -0.25) is 14.9 Å². The van der Waals surface area contributed by atoms with Crippen molar-refractivity contribution >= 4 is 17.5 Å². The van der Waals surface area contributed by atoms with Crippen molar-refractivity contribution < 1.29 is 14.3 Å². The SMILES string of the molecule is CCCOc1ccc(C2CCC(=O)NC2=O)cc1N. The highest BCUT2D eigenvalue weighted by Crippen LogP contribution is 2.30. The van der Waals surface area contributed by atoms with Gasteiger partial charge in [0.1, 0.15) is 5.75 Å². The normalized spacial score (nSPS) is 19.1. The van der Waals surface area contributed by atoms with E-state index in [0.29, 0.717) is 30.9 Å². The largest absolute Gasteiger partial charge is 0.491 e. The lowest BCUT2D eigenvalue weighted by Gasteiger charge is -2.21. The first-order valence-electron chi connectivity index (χ1n) is 6.47. The van der Waals surface area contributed by atoms with E-state index in [1.165, 1.54) is 0 Å². The quantitative estimate of drug-likeness (QED) is 0.637. The third kappa shape index (κ3) is 3.05. The van der Waals surface area contributed by atoms with Gasteiger partial charge in [-0.15, -0.1) is 0 Å². The fourth-order valence-electron chi connectivity index (χ4n) is 2.14. The number of hydrogen-bond donors (Lipinski definition) is 2.